The number of carbonyl (C=O) groups excluding carboxylic acids is 1. The molecule has 18 heavy (non-hydrogen) atoms. The number of ketones is 1. The number of benzene rings is 1. The van der Waals surface area contributed by atoms with Crippen LogP contribution in [0.5, 0.6) is 0 Å². The molecule has 0 spiro atoms. The number of nitrogens with two attached hydrogens (primary N) is 1. The van der Waals surface area contributed by atoms with Gasteiger partial charge >= 0.3 is 0 Å². The van der Waals surface area contributed by atoms with Crippen LogP contribution < -0.4 is 5.73 Å². The number of aryl methyl sites for hydroxylation is 2. The van der Waals surface area contributed by atoms with Crippen LogP contribution in [0.3, 0.4) is 0 Å². The van der Waals surface area contributed by atoms with Crippen LogP contribution >= 0.6 is 0 Å². The lowest BCUT2D eigenvalue weighted by Crippen LogP contribution is -2.20. The van der Waals surface area contributed by atoms with Crippen LogP contribution in [-0.2, 0) is 0 Å². The van der Waals surface area contributed by atoms with Gasteiger partial charge in [-0.15, -0.1) is 0 Å². The van der Waals surface area contributed by atoms with Crippen molar-refractivity contribution >= 4 is 5.78 Å². The molecule has 0 heterocycles. The Morgan fingerprint density at radius 3 is 2.44 bits per heavy atom. The van der Waals surface area contributed by atoms with E-state index in [0.717, 1.165) is 17.5 Å². The fourth-order valence-electron chi connectivity index (χ4n) is 2.43. The number of rotatable bonds is 6. The predicted octanol–water partition coefficient (Wildman–Crippen LogP) is 3.50. The molecular formula is C16H25NO. The van der Waals surface area contributed by atoms with Crippen molar-refractivity contribution in [1.82, 2.24) is 0 Å². The Morgan fingerprint density at radius 2 is 1.94 bits per heavy atom. The first kappa shape index (κ1) is 14.9. The second-order valence-corrected chi connectivity index (χ2v) is 5.68. The standard InChI is InChI=1S/C16H25NO/c1-11(2)7-14(10-17)9-16(18)15-6-5-12(3)8-13(15)4/h5-6,8,11,14H,7,9-10,17H2,1-4H3. The minimum Gasteiger partial charge on any atom is -0.330 e. The first-order valence-electron chi connectivity index (χ1n) is 6.74. The highest BCUT2D eigenvalue weighted by Gasteiger charge is 2.16. The first-order chi connectivity index (χ1) is 8.43. The second-order valence-electron chi connectivity index (χ2n) is 5.68. The fraction of sp³-hybridized carbons (Fsp3) is 0.562. The largest absolute Gasteiger partial charge is 0.330 e. The second kappa shape index (κ2) is 6.69. The SMILES string of the molecule is Cc1ccc(C(=O)CC(CN)CC(C)C)c(C)c1. The zero-order valence-electron chi connectivity index (χ0n) is 12.0. The Hall–Kier alpha value is -1.15. The third kappa shape index (κ3) is 4.26. The molecule has 0 aromatic heterocycles. The van der Waals surface area contributed by atoms with Gasteiger partial charge < -0.3 is 5.73 Å². The van der Waals surface area contributed by atoms with E-state index < -0.39 is 0 Å². The highest BCUT2D eigenvalue weighted by atomic mass is 16.1. The molecule has 1 rings (SSSR count). The molecule has 1 unspecified atom stereocenters. The zero-order chi connectivity index (χ0) is 13.7. The zero-order valence-corrected chi connectivity index (χ0v) is 12.0. The third-order valence-corrected chi connectivity index (χ3v) is 3.29. The lowest BCUT2D eigenvalue weighted by atomic mass is 9.89. The van der Waals surface area contributed by atoms with Gasteiger partial charge in [0.25, 0.3) is 0 Å². The van der Waals surface area contributed by atoms with Crippen molar-refractivity contribution in [2.24, 2.45) is 17.6 Å². The summed E-state index contributed by atoms with van der Waals surface area (Å²) in [6.45, 7) is 8.98. The molecule has 0 fully saturated rings. The van der Waals surface area contributed by atoms with E-state index in [2.05, 4.69) is 19.9 Å². The summed E-state index contributed by atoms with van der Waals surface area (Å²) in [5, 5.41) is 0. The van der Waals surface area contributed by atoms with E-state index in [1.807, 2.05) is 26.0 Å². The van der Waals surface area contributed by atoms with Gasteiger partial charge in [-0.25, -0.2) is 0 Å². The molecule has 100 valence electrons. The molecule has 0 radical (unpaired) electrons. The van der Waals surface area contributed by atoms with Gasteiger partial charge in [-0.3, -0.25) is 4.79 Å². The maximum absolute atomic E-state index is 12.3. The minimum atomic E-state index is 0.226. The summed E-state index contributed by atoms with van der Waals surface area (Å²) in [6, 6.07) is 6.00. The van der Waals surface area contributed by atoms with Gasteiger partial charge in [0, 0.05) is 12.0 Å². The Bertz CT molecular complexity index is 410. The summed E-state index contributed by atoms with van der Waals surface area (Å²) in [7, 11) is 0. The number of Topliss-reactive ketones (excluding diaryl/α,β-unsaturated/α-hetero) is 1. The molecule has 0 aliphatic carbocycles. The molecule has 2 N–H and O–H groups in total. The van der Waals surface area contributed by atoms with E-state index in [-0.39, 0.29) is 5.78 Å². The lowest BCUT2D eigenvalue weighted by molar-refractivity contribution is 0.0957. The minimum absolute atomic E-state index is 0.226. The topological polar surface area (TPSA) is 43.1 Å². The van der Waals surface area contributed by atoms with E-state index in [0.29, 0.717) is 24.8 Å². The molecule has 2 nitrogen and oxygen atoms in total. The maximum atomic E-state index is 12.3. The van der Waals surface area contributed by atoms with Crippen LogP contribution in [0.2, 0.25) is 0 Å². The molecule has 0 aliphatic rings. The summed E-state index contributed by atoms with van der Waals surface area (Å²) in [5.41, 5.74) is 8.87. The molecule has 0 aliphatic heterocycles. The van der Waals surface area contributed by atoms with Gasteiger partial charge in [-0.2, -0.15) is 0 Å². The van der Waals surface area contributed by atoms with Crippen molar-refractivity contribution < 1.29 is 4.79 Å². The molecule has 0 amide bonds. The number of hydrogen-bond donors (Lipinski definition) is 1. The molecular weight excluding hydrogens is 222 g/mol. The van der Waals surface area contributed by atoms with Crippen molar-refractivity contribution in [2.75, 3.05) is 6.54 Å². The highest BCUT2D eigenvalue weighted by Crippen LogP contribution is 2.19. The van der Waals surface area contributed by atoms with E-state index in [1.165, 1.54) is 5.56 Å². The van der Waals surface area contributed by atoms with Gasteiger partial charge in [0.2, 0.25) is 0 Å². The molecule has 0 saturated carbocycles. The van der Waals surface area contributed by atoms with Gasteiger partial charge in [0.05, 0.1) is 0 Å². The van der Waals surface area contributed by atoms with E-state index in [9.17, 15) is 4.79 Å². The quantitative estimate of drug-likeness (QED) is 0.782. The highest BCUT2D eigenvalue weighted by molar-refractivity contribution is 5.97. The number of hydrogen-bond acceptors (Lipinski definition) is 2. The Morgan fingerprint density at radius 1 is 1.28 bits per heavy atom. The molecule has 1 atom stereocenters. The van der Waals surface area contributed by atoms with Gasteiger partial charge in [-0.1, -0.05) is 37.6 Å². The van der Waals surface area contributed by atoms with Crippen molar-refractivity contribution in [3.05, 3.63) is 34.9 Å². The van der Waals surface area contributed by atoms with Crippen LogP contribution in [0.1, 0.15) is 48.2 Å². The van der Waals surface area contributed by atoms with Crippen LogP contribution in [0.4, 0.5) is 0 Å². The van der Waals surface area contributed by atoms with E-state index >= 15 is 0 Å². The van der Waals surface area contributed by atoms with Crippen LogP contribution in [0, 0.1) is 25.7 Å². The van der Waals surface area contributed by atoms with Crippen LogP contribution in [0.25, 0.3) is 0 Å². The van der Waals surface area contributed by atoms with Crippen molar-refractivity contribution in [3.63, 3.8) is 0 Å². The normalized spacial score (nSPS) is 12.8. The van der Waals surface area contributed by atoms with Gasteiger partial charge in [0.15, 0.2) is 5.78 Å². The predicted molar refractivity (Wildman–Crippen MR) is 76.9 cm³/mol. The van der Waals surface area contributed by atoms with Crippen LogP contribution in [-0.4, -0.2) is 12.3 Å². The van der Waals surface area contributed by atoms with Gasteiger partial charge in [-0.05, 0) is 44.2 Å². The summed E-state index contributed by atoms with van der Waals surface area (Å²) in [5.74, 6) is 1.12. The smallest absolute Gasteiger partial charge is 0.163 e. The molecule has 1 aromatic rings. The summed E-state index contributed by atoms with van der Waals surface area (Å²) >= 11 is 0. The van der Waals surface area contributed by atoms with Crippen molar-refractivity contribution in [2.45, 2.75) is 40.5 Å². The van der Waals surface area contributed by atoms with Crippen molar-refractivity contribution in [1.29, 1.82) is 0 Å². The Balaban J connectivity index is 2.74. The van der Waals surface area contributed by atoms with Gasteiger partial charge in [0.1, 0.15) is 0 Å². The molecule has 1 aromatic carbocycles. The fourth-order valence-corrected chi connectivity index (χ4v) is 2.43. The van der Waals surface area contributed by atoms with E-state index in [4.69, 9.17) is 5.73 Å². The summed E-state index contributed by atoms with van der Waals surface area (Å²) in [4.78, 5) is 12.3. The maximum Gasteiger partial charge on any atom is 0.163 e. The Labute approximate surface area is 111 Å². The number of carbonyl (C=O) groups is 1. The Kier molecular flexibility index (Phi) is 5.54. The lowest BCUT2D eigenvalue weighted by Gasteiger charge is -2.16. The average Bonchev–Trinajstić information content (AvgIpc) is 2.27. The summed E-state index contributed by atoms with van der Waals surface area (Å²) in [6.07, 6.45) is 1.59. The molecule has 2 heteroatoms. The van der Waals surface area contributed by atoms with Crippen molar-refractivity contribution in [3.8, 4) is 0 Å². The van der Waals surface area contributed by atoms with E-state index in [1.54, 1.807) is 0 Å². The monoisotopic (exact) mass is 247 g/mol. The van der Waals surface area contributed by atoms with Crippen LogP contribution in [0.15, 0.2) is 18.2 Å². The average molecular weight is 247 g/mol. The molecule has 0 bridgehead atoms. The molecule has 0 saturated heterocycles. The first-order valence-corrected chi connectivity index (χ1v) is 6.74. The summed E-state index contributed by atoms with van der Waals surface area (Å²) < 4.78 is 0. The third-order valence-electron chi connectivity index (χ3n) is 3.29.